The first kappa shape index (κ1) is 25.9. The first-order valence-electron chi connectivity index (χ1n) is 10.2. The Morgan fingerprint density at radius 1 is 0.786 bits per heavy atom. The highest BCUT2D eigenvalue weighted by Gasteiger charge is 2.05. The maximum atomic E-state index is 11.8. The monoisotopic (exact) mass is 389 g/mol. The fraction of sp³-hybridized carbons (Fsp3) is 0.583. The minimum absolute atomic E-state index is 0.0785. The summed E-state index contributed by atoms with van der Waals surface area (Å²) >= 11 is 0. The third-order valence-corrected chi connectivity index (χ3v) is 4.45. The molecule has 158 valence electrons. The van der Waals surface area contributed by atoms with Gasteiger partial charge in [0.1, 0.15) is 0 Å². The van der Waals surface area contributed by atoms with Gasteiger partial charge in [-0.2, -0.15) is 0 Å². The van der Waals surface area contributed by atoms with Crippen molar-refractivity contribution in [2.24, 2.45) is 0 Å². The molecule has 0 saturated heterocycles. The van der Waals surface area contributed by atoms with Crippen LogP contribution in [0.15, 0.2) is 46.6 Å². The summed E-state index contributed by atoms with van der Waals surface area (Å²) in [5.41, 5.74) is 4.60. The van der Waals surface area contributed by atoms with E-state index in [1.54, 1.807) is 25.1 Å². The van der Waals surface area contributed by atoms with Crippen LogP contribution in [0, 0.1) is 0 Å². The molecule has 28 heavy (non-hydrogen) atoms. The molecule has 0 spiro atoms. The van der Waals surface area contributed by atoms with E-state index in [0.717, 1.165) is 49.7 Å². The molecule has 4 heteroatoms. The normalized spacial score (nSPS) is 13.5. The van der Waals surface area contributed by atoms with Gasteiger partial charge in [-0.15, -0.1) is 0 Å². The van der Waals surface area contributed by atoms with Gasteiger partial charge in [0.25, 0.3) is 0 Å². The molecule has 0 atom stereocenters. The predicted molar refractivity (Wildman–Crippen MR) is 118 cm³/mol. The van der Waals surface area contributed by atoms with Gasteiger partial charge in [-0.1, -0.05) is 34.9 Å². The summed E-state index contributed by atoms with van der Waals surface area (Å²) in [5, 5.41) is 0. The first-order valence-corrected chi connectivity index (χ1v) is 10.2. The molecule has 0 heterocycles. The fourth-order valence-corrected chi connectivity index (χ4v) is 2.71. The van der Waals surface area contributed by atoms with Gasteiger partial charge in [0.15, 0.2) is 0 Å². The summed E-state index contributed by atoms with van der Waals surface area (Å²) in [6, 6.07) is 0. The second-order valence-electron chi connectivity index (χ2n) is 7.55. The smallest absolute Gasteiger partial charge is 0.330 e. The van der Waals surface area contributed by atoms with Crippen molar-refractivity contribution in [1.82, 2.24) is 4.90 Å². The van der Waals surface area contributed by atoms with Gasteiger partial charge in [0.2, 0.25) is 5.91 Å². The standard InChI is InChI=1S/C24H39NO3/c1-8-28-23(26)18-21(4)16-10-14-19(2)12-9-13-20(3)15-11-17-22(5)24(27)25(6)7/h13-14,17-18H,8-12,15-16H2,1-7H3. The van der Waals surface area contributed by atoms with Crippen LogP contribution in [0.2, 0.25) is 0 Å². The van der Waals surface area contributed by atoms with Crippen molar-refractivity contribution in [3.05, 3.63) is 46.6 Å². The van der Waals surface area contributed by atoms with E-state index in [0.29, 0.717) is 6.61 Å². The SMILES string of the molecule is CCOC(=O)C=C(C)CCC=C(C)CCC=C(C)CCC=C(C)C(=O)N(C)C. The van der Waals surface area contributed by atoms with Crippen molar-refractivity contribution < 1.29 is 14.3 Å². The largest absolute Gasteiger partial charge is 0.463 e. The Hall–Kier alpha value is -2.10. The summed E-state index contributed by atoms with van der Waals surface area (Å²) in [5.74, 6) is -0.174. The van der Waals surface area contributed by atoms with E-state index in [9.17, 15) is 9.59 Å². The highest BCUT2D eigenvalue weighted by Crippen LogP contribution is 2.14. The van der Waals surface area contributed by atoms with Crippen LogP contribution in [0.4, 0.5) is 0 Å². The van der Waals surface area contributed by atoms with E-state index < -0.39 is 0 Å². The molecule has 0 aromatic rings. The maximum Gasteiger partial charge on any atom is 0.330 e. The lowest BCUT2D eigenvalue weighted by Gasteiger charge is -2.10. The number of rotatable bonds is 12. The highest BCUT2D eigenvalue weighted by molar-refractivity contribution is 5.92. The minimum atomic E-state index is -0.252. The van der Waals surface area contributed by atoms with E-state index >= 15 is 0 Å². The van der Waals surface area contributed by atoms with Crippen LogP contribution in [0.5, 0.6) is 0 Å². The number of hydrogen-bond donors (Lipinski definition) is 0. The molecule has 1 amide bonds. The number of hydrogen-bond acceptors (Lipinski definition) is 3. The quantitative estimate of drug-likeness (QED) is 0.242. The average molecular weight is 390 g/mol. The van der Waals surface area contributed by atoms with Crippen molar-refractivity contribution in [3.8, 4) is 0 Å². The van der Waals surface area contributed by atoms with Crippen molar-refractivity contribution >= 4 is 11.9 Å². The van der Waals surface area contributed by atoms with Gasteiger partial charge in [-0.25, -0.2) is 4.79 Å². The Kier molecular flexibility index (Phi) is 13.8. The van der Waals surface area contributed by atoms with Crippen LogP contribution in [0.3, 0.4) is 0 Å². The zero-order valence-corrected chi connectivity index (χ0v) is 18.9. The van der Waals surface area contributed by atoms with Gasteiger partial charge in [-0.05, 0) is 73.1 Å². The zero-order chi connectivity index (χ0) is 21.5. The lowest BCUT2D eigenvalue weighted by molar-refractivity contribution is -0.137. The lowest BCUT2D eigenvalue weighted by Crippen LogP contribution is -2.22. The predicted octanol–water partition coefficient (Wildman–Crippen LogP) is 5.76. The average Bonchev–Trinajstić information content (AvgIpc) is 2.60. The van der Waals surface area contributed by atoms with E-state index in [1.165, 1.54) is 11.1 Å². The van der Waals surface area contributed by atoms with E-state index in [2.05, 4.69) is 26.0 Å². The molecule has 0 bridgehead atoms. The van der Waals surface area contributed by atoms with Crippen LogP contribution in [0.25, 0.3) is 0 Å². The molecule has 0 aromatic carbocycles. The third-order valence-electron chi connectivity index (χ3n) is 4.45. The number of amides is 1. The number of allylic oxidation sites excluding steroid dienone is 6. The van der Waals surface area contributed by atoms with E-state index in [-0.39, 0.29) is 11.9 Å². The molecular weight excluding hydrogens is 350 g/mol. The van der Waals surface area contributed by atoms with Crippen LogP contribution < -0.4 is 0 Å². The summed E-state index contributed by atoms with van der Waals surface area (Å²) in [7, 11) is 3.55. The number of carbonyl (C=O) groups excluding carboxylic acids is 2. The molecule has 0 saturated carbocycles. The molecule has 0 rings (SSSR count). The molecule has 0 N–H and O–H groups in total. The number of nitrogens with zero attached hydrogens (tertiary/aromatic N) is 1. The topological polar surface area (TPSA) is 46.6 Å². The second kappa shape index (κ2) is 14.9. The summed E-state index contributed by atoms with van der Waals surface area (Å²) in [6.07, 6.45) is 13.9. The lowest BCUT2D eigenvalue weighted by atomic mass is 10.0. The Morgan fingerprint density at radius 2 is 1.25 bits per heavy atom. The molecule has 4 nitrogen and oxygen atoms in total. The van der Waals surface area contributed by atoms with Gasteiger partial charge in [-0.3, -0.25) is 4.79 Å². The first-order chi connectivity index (χ1) is 13.2. The molecule has 0 aromatic heterocycles. The van der Waals surface area contributed by atoms with Crippen molar-refractivity contribution in [2.45, 2.75) is 73.1 Å². The molecule has 0 aliphatic rings. The molecule has 0 radical (unpaired) electrons. The van der Waals surface area contributed by atoms with Crippen LogP contribution in [-0.4, -0.2) is 37.5 Å². The van der Waals surface area contributed by atoms with Crippen molar-refractivity contribution in [2.75, 3.05) is 20.7 Å². The van der Waals surface area contributed by atoms with Gasteiger partial charge in [0.05, 0.1) is 6.61 Å². The van der Waals surface area contributed by atoms with Crippen LogP contribution >= 0.6 is 0 Å². The van der Waals surface area contributed by atoms with Crippen LogP contribution in [-0.2, 0) is 14.3 Å². The molecule has 0 aliphatic heterocycles. The van der Waals surface area contributed by atoms with Crippen molar-refractivity contribution in [3.63, 3.8) is 0 Å². The van der Waals surface area contributed by atoms with Crippen molar-refractivity contribution in [1.29, 1.82) is 0 Å². The molecule has 0 unspecified atom stereocenters. The Labute approximate surface area is 172 Å². The second-order valence-corrected chi connectivity index (χ2v) is 7.55. The summed E-state index contributed by atoms with van der Waals surface area (Å²) in [6.45, 7) is 10.4. The number of carbonyl (C=O) groups is 2. The molecule has 0 fully saturated rings. The van der Waals surface area contributed by atoms with Crippen LogP contribution in [0.1, 0.15) is 73.1 Å². The molecule has 0 aliphatic carbocycles. The zero-order valence-electron chi connectivity index (χ0n) is 18.9. The number of ether oxygens (including phenoxy) is 1. The van der Waals surface area contributed by atoms with E-state index in [4.69, 9.17) is 4.74 Å². The Bertz CT molecular complexity index is 622. The number of esters is 1. The maximum absolute atomic E-state index is 11.8. The fourth-order valence-electron chi connectivity index (χ4n) is 2.71. The number of likely N-dealkylation sites (N-methyl/N-ethyl adjacent to an activating group) is 1. The summed E-state index contributed by atoms with van der Waals surface area (Å²) < 4.78 is 4.92. The van der Waals surface area contributed by atoms with Gasteiger partial charge in [0, 0.05) is 25.7 Å². The minimum Gasteiger partial charge on any atom is -0.463 e. The Balaban J connectivity index is 4.21. The highest BCUT2D eigenvalue weighted by atomic mass is 16.5. The third kappa shape index (κ3) is 13.1. The summed E-state index contributed by atoms with van der Waals surface area (Å²) in [4.78, 5) is 24.8. The molecular formula is C24H39NO3. The van der Waals surface area contributed by atoms with Gasteiger partial charge < -0.3 is 9.64 Å². The Morgan fingerprint density at radius 3 is 1.71 bits per heavy atom. The van der Waals surface area contributed by atoms with E-state index in [1.807, 2.05) is 26.8 Å². The van der Waals surface area contributed by atoms with Gasteiger partial charge >= 0.3 is 5.97 Å².